The third kappa shape index (κ3) is 3.80. The van der Waals surface area contributed by atoms with Crippen molar-refractivity contribution in [3.8, 4) is 0 Å². The molecule has 0 aliphatic carbocycles. The largest absolute Gasteiger partial charge is 0.394 e. The second-order valence-corrected chi connectivity index (χ2v) is 5.80. The number of rotatable bonds is 6. The average Bonchev–Trinajstić information content (AvgIpc) is 2.93. The molecule has 2 rings (SSSR count). The summed E-state index contributed by atoms with van der Waals surface area (Å²) in [5.41, 5.74) is 0.774. The highest BCUT2D eigenvalue weighted by molar-refractivity contribution is 8.15. The third-order valence-electron chi connectivity index (χ3n) is 3.03. The minimum atomic E-state index is -1.11. The summed E-state index contributed by atoms with van der Waals surface area (Å²) < 4.78 is 5.62. The van der Waals surface area contributed by atoms with Crippen molar-refractivity contribution in [3.63, 3.8) is 0 Å². The third-order valence-corrected chi connectivity index (χ3v) is 4.14. The van der Waals surface area contributed by atoms with Gasteiger partial charge < -0.3 is 20.1 Å². The lowest BCUT2D eigenvalue weighted by Gasteiger charge is -2.25. The summed E-state index contributed by atoms with van der Waals surface area (Å²) in [6, 6.07) is 9.78. The molecule has 1 heterocycles. The molecule has 110 valence electrons. The first-order chi connectivity index (χ1) is 9.61. The topological polar surface area (TPSA) is 82.3 Å². The van der Waals surface area contributed by atoms with E-state index in [2.05, 4.69) is 4.99 Å². The molecule has 0 bridgehead atoms. The number of benzene rings is 1. The van der Waals surface area contributed by atoms with E-state index in [1.54, 1.807) is 0 Å². The van der Waals surface area contributed by atoms with Crippen molar-refractivity contribution in [2.45, 2.75) is 30.7 Å². The van der Waals surface area contributed by atoms with E-state index in [0.717, 1.165) is 10.6 Å². The van der Waals surface area contributed by atoms with Gasteiger partial charge in [-0.3, -0.25) is 4.99 Å². The lowest BCUT2D eigenvalue weighted by Crippen LogP contribution is -2.41. The van der Waals surface area contributed by atoms with Gasteiger partial charge in [-0.25, -0.2) is 0 Å². The number of thioether (sulfide) groups is 1. The molecule has 1 aromatic carbocycles. The van der Waals surface area contributed by atoms with E-state index >= 15 is 0 Å². The lowest BCUT2D eigenvalue weighted by atomic mass is 10.1. The molecule has 3 N–H and O–H groups in total. The standard InChI is InChI=1S/C14H19NO4S/c1-9(17)13(18)11(8-16)19-12-7-15-14(20-12)10-5-3-2-4-6-10/h2-6,9,11-13,16-18H,7-8H2,1H3/t9-,11-,12?,13+/m1/s1. The van der Waals surface area contributed by atoms with Crippen molar-refractivity contribution in [1.29, 1.82) is 0 Å². The smallest absolute Gasteiger partial charge is 0.129 e. The molecule has 1 aliphatic rings. The summed E-state index contributed by atoms with van der Waals surface area (Å²) in [4.78, 5) is 4.41. The number of aliphatic hydroxyl groups excluding tert-OH is 3. The Hall–Kier alpha value is -0.920. The Kier molecular flexibility index (Phi) is 5.56. The molecule has 4 atom stereocenters. The lowest BCUT2D eigenvalue weighted by molar-refractivity contribution is -0.107. The van der Waals surface area contributed by atoms with E-state index in [0.29, 0.717) is 6.54 Å². The van der Waals surface area contributed by atoms with Gasteiger partial charge in [-0.2, -0.15) is 0 Å². The molecule has 0 fully saturated rings. The first-order valence-electron chi connectivity index (χ1n) is 6.50. The minimum absolute atomic E-state index is 0.254. The van der Waals surface area contributed by atoms with Crippen LogP contribution in [0.5, 0.6) is 0 Å². The summed E-state index contributed by atoms with van der Waals surface area (Å²) in [6.07, 6.45) is -2.87. The molecule has 0 radical (unpaired) electrons. The quantitative estimate of drug-likeness (QED) is 0.717. The number of nitrogens with zero attached hydrogens (tertiary/aromatic N) is 1. The Morgan fingerprint density at radius 3 is 2.65 bits per heavy atom. The fourth-order valence-corrected chi connectivity index (χ4v) is 2.92. The monoisotopic (exact) mass is 297 g/mol. The van der Waals surface area contributed by atoms with E-state index in [1.807, 2.05) is 30.3 Å². The van der Waals surface area contributed by atoms with Gasteiger partial charge in [0, 0.05) is 5.56 Å². The highest BCUT2D eigenvalue weighted by Gasteiger charge is 2.30. The fourth-order valence-electron chi connectivity index (χ4n) is 1.90. The Morgan fingerprint density at radius 2 is 2.05 bits per heavy atom. The van der Waals surface area contributed by atoms with E-state index in [-0.39, 0.29) is 12.0 Å². The van der Waals surface area contributed by atoms with Crippen LogP contribution in [0.1, 0.15) is 12.5 Å². The van der Waals surface area contributed by atoms with Crippen LogP contribution < -0.4 is 0 Å². The predicted molar refractivity (Wildman–Crippen MR) is 78.9 cm³/mol. The molecule has 0 spiro atoms. The molecular formula is C14H19NO4S. The van der Waals surface area contributed by atoms with Gasteiger partial charge in [0.05, 0.1) is 19.3 Å². The first kappa shape index (κ1) is 15.5. The van der Waals surface area contributed by atoms with Crippen molar-refractivity contribution in [2.75, 3.05) is 13.2 Å². The summed E-state index contributed by atoms with van der Waals surface area (Å²) in [5.74, 6) is 0. The van der Waals surface area contributed by atoms with Gasteiger partial charge >= 0.3 is 0 Å². The van der Waals surface area contributed by atoms with Crippen LogP contribution in [0.4, 0.5) is 0 Å². The van der Waals surface area contributed by atoms with Crippen molar-refractivity contribution < 1.29 is 20.1 Å². The highest BCUT2D eigenvalue weighted by atomic mass is 32.2. The second kappa shape index (κ2) is 7.19. The molecule has 1 aromatic rings. The molecule has 1 aliphatic heterocycles. The number of aliphatic hydroxyl groups is 3. The van der Waals surface area contributed by atoms with E-state index in [1.165, 1.54) is 18.7 Å². The molecule has 5 nitrogen and oxygen atoms in total. The zero-order valence-corrected chi connectivity index (χ0v) is 12.0. The maximum absolute atomic E-state index is 9.75. The highest BCUT2D eigenvalue weighted by Crippen LogP contribution is 2.28. The van der Waals surface area contributed by atoms with Crippen LogP contribution in [0.3, 0.4) is 0 Å². The molecule has 0 aromatic heterocycles. The number of aliphatic imine (C=N–C) groups is 1. The number of ether oxygens (including phenoxy) is 1. The first-order valence-corrected chi connectivity index (χ1v) is 7.38. The van der Waals surface area contributed by atoms with Gasteiger partial charge in [-0.05, 0) is 6.92 Å². The van der Waals surface area contributed by atoms with E-state index < -0.39 is 18.3 Å². The van der Waals surface area contributed by atoms with Gasteiger partial charge in [0.2, 0.25) is 0 Å². The summed E-state index contributed by atoms with van der Waals surface area (Å²) in [7, 11) is 0. The van der Waals surface area contributed by atoms with Crippen LogP contribution in [0.2, 0.25) is 0 Å². The van der Waals surface area contributed by atoms with Gasteiger partial charge in [-0.1, -0.05) is 42.1 Å². The van der Waals surface area contributed by atoms with Crippen LogP contribution in [-0.2, 0) is 4.74 Å². The molecular weight excluding hydrogens is 278 g/mol. The molecule has 6 heteroatoms. The van der Waals surface area contributed by atoms with Crippen LogP contribution in [-0.4, -0.2) is 57.3 Å². The Balaban J connectivity index is 1.91. The van der Waals surface area contributed by atoms with Gasteiger partial charge in [0.15, 0.2) is 0 Å². The maximum atomic E-state index is 9.75. The molecule has 0 amide bonds. The zero-order valence-electron chi connectivity index (χ0n) is 11.2. The van der Waals surface area contributed by atoms with Crippen molar-refractivity contribution in [2.24, 2.45) is 4.99 Å². The molecule has 0 saturated heterocycles. The van der Waals surface area contributed by atoms with Gasteiger partial charge in [0.25, 0.3) is 0 Å². The molecule has 20 heavy (non-hydrogen) atoms. The second-order valence-electron chi connectivity index (χ2n) is 4.65. The van der Waals surface area contributed by atoms with E-state index in [4.69, 9.17) is 4.74 Å². The van der Waals surface area contributed by atoms with Crippen molar-refractivity contribution in [1.82, 2.24) is 0 Å². The Bertz CT molecular complexity index is 452. The summed E-state index contributed by atoms with van der Waals surface area (Å²) in [5, 5.41) is 29.2. The average molecular weight is 297 g/mol. The maximum Gasteiger partial charge on any atom is 0.129 e. The van der Waals surface area contributed by atoms with Crippen LogP contribution in [0.25, 0.3) is 0 Å². The zero-order chi connectivity index (χ0) is 14.5. The van der Waals surface area contributed by atoms with Crippen LogP contribution in [0.15, 0.2) is 35.3 Å². The Morgan fingerprint density at radius 1 is 1.35 bits per heavy atom. The molecule has 0 saturated carbocycles. The minimum Gasteiger partial charge on any atom is -0.394 e. The predicted octanol–water partition coefficient (Wildman–Crippen LogP) is 0.625. The van der Waals surface area contributed by atoms with Crippen LogP contribution >= 0.6 is 11.8 Å². The SMILES string of the molecule is C[C@@H](O)[C@H](O)[C@@H](CO)OC1CN=C(c2ccccc2)S1. The van der Waals surface area contributed by atoms with Crippen molar-refractivity contribution in [3.05, 3.63) is 35.9 Å². The van der Waals surface area contributed by atoms with Gasteiger partial charge in [-0.15, -0.1) is 0 Å². The normalized spacial score (nSPS) is 23.2. The summed E-state index contributed by atoms with van der Waals surface area (Å²) >= 11 is 1.46. The fraction of sp³-hybridized carbons (Fsp3) is 0.500. The molecule has 1 unspecified atom stereocenters. The Labute approximate surface area is 122 Å². The van der Waals surface area contributed by atoms with Gasteiger partial charge in [0.1, 0.15) is 22.7 Å². The number of hydrogen-bond acceptors (Lipinski definition) is 6. The van der Waals surface area contributed by atoms with Crippen molar-refractivity contribution >= 4 is 16.8 Å². The van der Waals surface area contributed by atoms with Crippen LogP contribution in [0, 0.1) is 0 Å². The summed E-state index contributed by atoms with van der Waals surface area (Å²) in [6.45, 7) is 1.59. The van der Waals surface area contributed by atoms with E-state index in [9.17, 15) is 15.3 Å². The number of hydrogen-bond donors (Lipinski definition) is 3.